The number of amides is 1. The Bertz CT molecular complexity index is 268. The van der Waals surface area contributed by atoms with Gasteiger partial charge in [-0.3, -0.25) is 4.79 Å². The van der Waals surface area contributed by atoms with Crippen molar-refractivity contribution in [2.24, 2.45) is 11.8 Å². The third-order valence-corrected chi connectivity index (χ3v) is 3.72. The highest BCUT2D eigenvalue weighted by Crippen LogP contribution is 2.30. The topological polar surface area (TPSA) is 29.1 Å². The van der Waals surface area contributed by atoms with E-state index in [2.05, 4.69) is 19.2 Å². The fourth-order valence-corrected chi connectivity index (χ4v) is 2.49. The van der Waals surface area contributed by atoms with E-state index in [0.29, 0.717) is 11.8 Å². The zero-order valence-electron chi connectivity index (χ0n) is 11.0. The molecule has 0 heterocycles. The number of halogens is 3. The maximum absolute atomic E-state index is 12.0. The van der Waals surface area contributed by atoms with Crippen LogP contribution in [0.1, 0.15) is 52.4 Å². The van der Waals surface area contributed by atoms with Crippen LogP contribution in [0.4, 0.5) is 13.2 Å². The monoisotopic (exact) mass is 265 g/mol. The molecule has 0 bridgehead atoms. The molecule has 0 saturated heterocycles. The lowest BCUT2D eigenvalue weighted by molar-refractivity contribution is -0.144. The summed E-state index contributed by atoms with van der Waals surface area (Å²) in [5, 5.41) is 2.71. The van der Waals surface area contributed by atoms with Crippen molar-refractivity contribution in [3.8, 4) is 0 Å². The van der Waals surface area contributed by atoms with Crippen molar-refractivity contribution in [2.75, 3.05) is 0 Å². The van der Waals surface area contributed by atoms with Gasteiger partial charge < -0.3 is 5.32 Å². The van der Waals surface area contributed by atoms with Gasteiger partial charge in [-0.1, -0.05) is 13.8 Å². The molecule has 1 saturated carbocycles. The summed E-state index contributed by atoms with van der Waals surface area (Å²) in [7, 11) is 0. The minimum atomic E-state index is -4.24. The Balaban J connectivity index is 2.22. The van der Waals surface area contributed by atoms with Gasteiger partial charge in [0.05, 0.1) is 6.42 Å². The van der Waals surface area contributed by atoms with Crippen LogP contribution in [-0.2, 0) is 4.79 Å². The molecule has 1 fully saturated rings. The largest absolute Gasteiger partial charge is 0.389 e. The van der Waals surface area contributed by atoms with Crippen molar-refractivity contribution in [3.05, 3.63) is 0 Å². The Labute approximate surface area is 106 Å². The average molecular weight is 265 g/mol. The summed E-state index contributed by atoms with van der Waals surface area (Å²) in [6.07, 6.45) is -1.83. The molecule has 0 radical (unpaired) electrons. The minimum Gasteiger partial charge on any atom is -0.353 e. The van der Waals surface area contributed by atoms with E-state index in [0.717, 1.165) is 25.7 Å². The van der Waals surface area contributed by atoms with Crippen molar-refractivity contribution in [1.29, 1.82) is 0 Å². The van der Waals surface area contributed by atoms with Crippen molar-refractivity contribution in [2.45, 2.75) is 64.6 Å². The highest BCUT2D eigenvalue weighted by molar-refractivity contribution is 5.76. The number of nitrogens with one attached hydrogen (secondary N) is 1. The van der Waals surface area contributed by atoms with Gasteiger partial charge in [0.1, 0.15) is 0 Å². The number of carbonyl (C=O) groups is 1. The maximum Gasteiger partial charge on any atom is 0.389 e. The molecule has 1 rings (SSSR count). The van der Waals surface area contributed by atoms with Crippen LogP contribution in [0.5, 0.6) is 0 Å². The van der Waals surface area contributed by atoms with Gasteiger partial charge in [-0.2, -0.15) is 13.2 Å². The normalized spacial score (nSPS) is 25.2. The average Bonchev–Trinajstić information content (AvgIpc) is 2.26. The number of alkyl halides is 3. The minimum absolute atomic E-state index is 0.0701. The molecule has 0 aromatic rings. The van der Waals surface area contributed by atoms with Gasteiger partial charge in [0.2, 0.25) is 5.91 Å². The summed E-state index contributed by atoms with van der Waals surface area (Å²) in [6.45, 7) is 4.37. The van der Waals surface area contributed by atoms with E-state index in [4.69, 9.17) is 0 Å². The van der Waals surface area contributed by atoms with Crippen LogP contribution in [0.25, 0.3) is 0 Å². The molecule has 0 atom stereocenters. The maximum atomic E-state index is 12.0. The molecule has 1 N–H and O–H groups in total. The first kappa shape index (κ1) is 15.3. The zero-order valence-corrected chi connectivity index (χ0v) is 11.0. The summed E-state index contributed by atoms with van der Waals surface area (Å²) in [5.41, 5.74) is 0. The molecule has 1 amide bonds. The van der Waals surface area contributed by atoms with E-state index in [1.807, 2.05) is 0 Å². The molecule has 0 aromatic carbocycles. The van der Waals surface area contributed by atoms with Gasteiger partial charge in [-0.25, -0.2) is 0 Å². The number of hydrogen-bond acceptors (Lipinski definition) is 1. The number of rotatable bonds is 4. The number of hydrogen-bond donors (Lipinski definition) is 1. The predicted molar refractivity (Wildman–Crippen MR) is 64.0 cm³/mol. The molecule has 1 aliphatic rings. The molecule has 0 aliphatic heterocycles. The van der Waals surface area contributed by atoms with E-state index in [9.17, 15) is 18.0 Å². The van der Waals surface area contributed by atoms with E-state index in [1.165, 1.54) is 0 Å². The lowest BCUT2D eigenvalue weighted by Crippen LogP contribution is -2.38. The molecule has 106 valence electrons. The lowest BCUT2D eigenvalue weighted by Gasteiger charge is -2.31. The van der Waals surface area contributed by atoms with Crippen LogP contribution in [0.2, 0.25) is 0 Å². The SMILES string of the molecule is CC(C)[C@H]1CC[C@H](NC(=O)CCC(F)(F)F)CC1. The molecule has 18 heavy (non-hydrogen) atoms. The summed E-state index contributed by atoms with van der Waals surface area (Å²) in [6, 6.07) is 0.0701. The van der Waals surface area contributed by atoms with Gasteiger partial charge in [0, 0.05) is 12.5 Å². The molecular formula is C13H22F3NO. The lowest BCUT2D eigenvalue weighted by atomic mass is 9.80. The van der Waals surface area contributed by atoms with Crippen molar-refractivity contribution in [1.82, 2.24) is 5.32 Å². The number of carbonyl (C=O) groups excluding carboxylic acids is 1. The zero-order chi connectivity index (χ0) is 13.8. The van der Waals surface area contributed by atoms with Gasteiger partial charge in [-0.15, -0.1) is 0 Å². The van der Waals surface area contributed by atoms with E-state index >= 15 is 0 Å². The first-order valence-corrected chi connectivity index (χ1v) is 6.64. The third-order valence-electron chi connectivity index (χ3n) is 3.72. The van der Waals surface area contributed by atoms with Crippen molar-refractivity contribution < 1.29 is 18.0 Å². The van der Waals surface area contributed by atoms with Crippen LogP contribution in [0, 0.1) is 11.8 Å². The van der Waals surface area contributed by atoms with Gasteiger partial charge in [0.15, 0.2) is 0 Å². The first-order chi connectivity index (χ1) is 8.28. The Hall–Kier alpha value is -0.740. The Morgan fingerprint density at radius 3 is 2.22 bits per heavy atom. The quantitative estimate of drug-likeness (QED) is 0.825. The first-order valence-electron chi connectivity index (χ1n) is 6.64. The van der Waals surface area contributed by atoms with Gasteiger partial charge in [-0.05, 0) is 37.5 Å². The van der Waals surface area contributed by atoms with Crippen LogP contribution < -0.4 is 5.32 Å². The smallest absolute Gasteiger partial charge is 0.353 e. The highest BCUT2D eigenvalue weighted by atomic mass is 19.4. The van der Waals surface area contributed by atoms with Crippen LogP contribution in [0.3, 0.4) is 0 Å². The molecule has 5 heteroatoms. The molecule has 1 aliphatic carbocycles. The molecular weight excluding hydrogens is 243 g/mol. The van der Waals surface area contributed by atoms with Crippen molar-refractivity contribution >= 4 is 5.91 Å². The third kappa shape index (κ3) is 5.74. The highest BCUT2D eigenvalue weighted by Gasteiger charge is 2.29. The molecule has 2 nitrogen and oxygen atoms in total. The van der Waals surface area contributed by atoms with Crippen molar-refractivity contribution in [3.63, 3.8) is 0 Å². The predicted octanol–water partition coefficient (Wildman–Crippen LogP) is 3.66. The second kappa shape index (κ2) is 6.43. The van der Waals surface area contributed by atoms with Crippen LogP contribution >= 0.6 is 0 Å². The van der Waals surface area contributed by atoms with Crippen LogP contribution in [-0.4, -0.2) is 18.1 Å². The van der Waals surface area contributed by atoms with E-state index in [1.54, 1.807) is 0 Å². The fourth-order valence-electron chi connectivity index (χ4n) is 2.49. The molecule has 0 unspecified atom stereocenters. The van der Waals surface area contributed by atoms with Gasteiger partial charge >= 0.3 is 6.18 Å². The fraction of sp³-hybridized carbons (Fsp3) is 0.923. The molecule has 0 aromatic heterocycles. The second-order valence-corrected chi connectivity index (χ2v) is 5.54. The Morgan fingerprint density at radius 2 is 1.78 bits per heavy atom. The standard InChI is InChI=1S/C13H22F3NO/c1-9(2)10-3-5-11(6-4-10)17-12(18)7-8-13(14,15)16/h9-11H,3-8H2,1-2H3,(H,17,18)/t10-,11-. The Morgan fingerprint density at radius 1 is 1.22 bits per heavy atom. The Kier molecular flexibility index (Phi) is 5.47. The summed E-state index contributed by atoms with van der Waals surface area (Å²) < 4.78 is 35.9. The van der Waals surface area contributed by atoms with Gasteiger partial charge in [0.25, 0.3) is 0 Å². The second-order valence-electron chi connectivity index (χ2n) is 5.54. The summed E-state index contributed by atoms with van der Waals surface area (Å²) in [5.74, 6) is 0.862. The van der Waals surface area contributed by atoms with Crippen LogP contribution in [0.15, 0.2) is 0 Å². The summed E-state index contributed by atoms with van der Waals surface area (Å²) >= 11 is 0. The summed E-state index contributed by atoms with van der Waals surface area (Å²) in [4.78, 5) is 11.4. The van der Waals surface area contributed by atoms with E-state index < -0.39 is 24.9 Å². The molecule has 0 spiro atoms. The van der Waals surface area contributed by atoms with E-state index in [-0.39, 0.29) is 6.04 Å².